The first-order chi connectivity index (χ1) is 7.44. The highest BCUT2D eigenvalue weighted by Crippen LogP contribution is 2.12. The summed E-state index contributed by atoms with van der Waals surface area (Å²) in [5, 5.41) is 0. The topological polar surface area (TPSA) is 61.8 Å². The summed E-state index contributed by atoms with van der Waals surface area (Å²) in [4.78, 5) is 22.4. The van der Waals surface area contributed by atoms with E-state index in [9.17, 15) is 9.59 Å². The minimum Gasteiger partial charge on any atom is -0.450 e. The van der Waals surface area contributed by atoms with Gasteiger partial charge in [0.25, 0.3) is 0 Å². The molecule has 0 rings (SSSR count). The molecule has 5 heteroatoms. The van der Waals surface area contributed by atoms with Gasteiger partial charge in [-0.3, -0.25) is 0 Å². The predicted molar refractivity (Wildman–Crippen MR) is 56.5 cm³/mol. The molecule has 0 aromatic rings. The van der Waals surface area contributed by atoms with E-state index in [-0.39, 0.29) is 13.2 Å². The van der Waals surface area contributed by atoms with Gasteiger partial charge in [0.2, 0.25) is 5.60 Å². The predicted octanol–water partition coefficient (Wildman–Crippen LogP) is 1.28. The monoisotopic (exact) mass is 226 g/mol. The van der Waals surface area contributed by atoms with E-state index in [4.69, 9.17) is 11.2 Å². The molecule has 0 aliphatic carbocycles. The molecule has 0 N–H and O–H groups in total. The van der Waals surface area contributed by atoms with Crippen molar-refractivity contribution < 1.29 is 23.8 Å². The second kappa shape index (κ2) is 6.51. The van der Waals surface area contributed by atoms with E-state index in [1.165, 1.54) is 19.9 Å². The van der Waals surface area contributed by atoms with Crippen molar-refractivity contribution >= 4 is 12.1 Å². The Morgan fingerprint density at radius 3 is 2.56 bits per heavy atom. The lowest BCUT2D eigenvalue weighted by Gasteiger charge is -2.21. The van der Waals surface area contributed by atoms with Gasteiger partial charge in [-0.15, -0.1) is 6.42 Å². The van der Waals surface area contributed by atoms with Gasteiger partial charge < -0.3 is 14.2 Å². The van der Waals surface area contributed by atoms with E-state index in [0.717, 1.165) is 0 Å². The highest BCUT2D eigenvalue weighted by atomic mass is 16.7. The lowest BCUT2D eigenvalue weighted by Crippen LogP contribution is -2.39. The van der Waals surface area contributed by atoms with Gasteiger partial charge in [-0.1, -0.05) is 18.6 Å². The molecular formula is C11H14O5. The minimum atomic E-state index is -1.44. The summed E-state index contributed by atoms with van der Waals surface area (Å²) in [5.41, 5.74) is -1.44. The molecule has 0 saturated heterocycles. The quantitative estimate of drug-likeness (QED) is 0.401. The van der Waals surface area contributed by atoms with E-state index in [2.05, 4.69) is 22.0 Å². The summed E-state index contributed by atoms with van der Waals surface area (Å²) in [6.45, 7) is 5.95. The van der Waals surface area contributed by atoms with E-state index in [0.29, 0.717) is 0 Å². The second-order valence-electron chi connectivity index (χ2n) is 3.24. The van der Waals surface area contributed by atoms with Crippen LogP contribution in [0.4, 0.5) is 4.79 Å². The Morgan fingerprint density at radius 2 is 2.06 bits per heavy atom. The number of ether oxygens (including phenoxy) is 3. The van der Waals surface area contributed by atoms with Crippen LogP contribution in [-0.4, -0.2) is 30.9 Å². The van der Waals surface area contributed by atoms with Gasteiger partial charge in [-0.25, -0.2) is 9.59 Å². The highest BCUT2D eigenvalue weighted by molar-refractivity contribution is 5.81. The average Bonchev–Trinajstić information content (AvgIpc) is 2.22. The van der Waals surface area contributed by atoms with Gasteiger partial charge in [0, 0.05) is 0 Å². The molecule has 0 aromatic carbocycles. The van der Waals surface area contributed by atoms with Crippen LogP contribution in [0.15, 0.2) is 12.7 Å². The molecule has 0 heterocycles. The Balaban J connectivity index is 4.22. The number of esters is 1. The van der Waals surface area contributed by atoms with Crippen LogP contribution in [0.5, 0.6) is 0 Å². The Bertz CT molecular complexity index is 311. The fourth-order valence-electron chi connectivity index (χ4n) is 0.687. The molecule has 0 radical (unpaired) electrons. The van der Waals surface area contributed by atoms with Gasteiger partial charge in [0.1, 0.15) is 6.61 Å². The first-order valence-electron chi connectivity index (χ1n) is 4.51. The molecule has 0 fully saturated rings. The molecule has 0 aliphatic heterocycles. The van der Waals surface area contributed by atoms with E-state index >= 15 is 0 Å². The number of terminal acetylenes is 1. The van der Waals surface area contributed by atoms with Gasteiger partial charge in [-0.05, 0) is 13.8 Å². The van der Waals surface area contributed by atoms with E-state index in [1.54, 1.807) is 0 Å². The lowest BCUT2D eigenvalue weighted by molar-refractivity contribution is -0.162. The van der Waals surface area contributed by atoms with Crippen molar-refractivity contribution in [2.75, 3.05) is 13.2 Å². The third kappa shape index (κ3) is 5.05. The lowest BCUT2D eigenvalue weighted by atomic mass is 10.1. The van der Waals surface area contributed by atoms with Crippen molar-refractivity contribution in [3.63, 3.8) is 0 Å². The molecule has 0 atom stereocenters. The second-order valence-corrected chi connectivity index (χ2v) is 3.24. The third-order valence-corrected chi connectivity index (χ3v) is 1.44. The van der Waals surface area contributed by atoms with Gasteiger partial charge in [0.15, 0.2) is 6.61 Å². The van der Waals surface area contributed by atoms with Gasteiger partial charge >= 0.3 is 12.1 Å². The summed E-state index contributed by atoms with van der Waals surface area (Å²) in [6.07, 6.45) is 5.33. The molecule has 0 spiro atoms. The summed E-state index contributed by atoms with van der Waals surface area (Å²) in [5.74, 6) is 1.40. The molecule has 88 valence electrons. The largest absolute Gasteiger partial charge is 0.509 e. The zero-order valence-electron chi connectivity index (χ0n) is 9.32. The molecule has 0 aromatic heterocycles. The molecule has 5 nitrogen and oxygen atoms in total. The zero-order valence-corrected chi connectivity index (χ0v) is 9.32. The third-order valence-electron chi connectivity index (χ3n) is 1.44. The summed E-state index contributed by atoms with van der Waals surface area (Å²) in [7, 11) is 0. The maximum atomic E-state index is 11.4. The zero-order chi connectivity index (χ0) is 12.6. The fraction of sp³-hybridized carbons (Fsp3) is 0.455. The van der Waals surface area contributed by atoms with Crippen LogP contribution in [0.3, 0.4) is 0 Å². The Morgan fingerprint density at radius 1 is 1.44 bits per heavy atom. The van der Waals surface area contributed by atoms with E-state index in [1.807, 2.05) is 0 Å². The standard InChI is InChI=1S/C11H14O5/c1-5-7-14-9(12)11(3,4)16-10(13)15-8-6-2/h1,6H,2,7-8H2,3-4H3. The number of carbonyl (C=O) groups is 2. The van der Waals surface area contributed by atoms with Crippen molar-refractivity contribution in [2.24, 2.45) is 0 Å². The van der Waals surface area contributed by atoms with Crippen LogP contribution in [0, 0.1) is 12.3 Å². The molecule has 16 heavy (non-hydrogen) atoms. The van der Waals surface area contributed by atoms with E-state index < -0.39 is 17.7 Å². The number of hydrogen-bond acceptors (Lipinski definition) is 5. The van der Waals surface area contributed by atoms with Crippen molar-refractivity contribution in [1.82, 2.24) is 0 Å². The summed E-state index contributed by atoms with van der Waals surface area (Å²) < 4.78 is 13.9. The summed E-state index contributed by atoms with van der Waals surface area (Å²) >= 11 is 0. The number of rotatable bonds is 5. The highest BCUT2D eigenvalue weighted by Gasteiger charge is 2.34. The van der Waals surface area contributed by atoms with Crippen LogP contribution < -0.4 is 0 Å². The molecule has 0 amide bonds. The van der Waals surface area contributed by atoms with Crippen molar-refractivity contribution in [2.45, 2.75) is 19.4 Å². The summed E-state index contributed by atoms with van der Waals surface area (Å²) in [6, 6.07) is 0. The smallest absolute Gasteiger partial charge is 0.450 e. The maximum Gasteiger partial charge on any atom is 0.509 e. The van der Waals surface area contributed by atoms with Crippen molar-refractivity contribution in [3.05, 3.63) is 12.7 Å². The van der Waals surface area contributed by atoms with Crippen molar-refractivity contribution in [3.8, 4) is 12.3 Å². The molecule has 0 saturated carbocycles. The van der Waals surface area contributed by atoms with Gasteiger partial charge in [0.05, 0.1) is 0 Å². The van der Waals surface area contributed by atoms with Crippen LogP contribution in [-0.2, 0) is 19.0 Å². The maximum absolute atomic E-state index is 11.4. The first-order valence-corrected chi connectivity index (χ1v) is 4.51. The first kappa shape index (κ1) is 14.0. The Labute approximate surface area is 94.4 Å². The van der Waals surface area contributed by atoms with Crippen LogP contribution in [0.2, 0.25) is 0 Å². The normalized spacial score (nSPS) is 9.81. The SMILES string of the molecule is C#CCOC(=O)C(C)(C)OC(=O)OCC=C. The van der Waals surface area contributed by atoms with Crippen LogP contribution in [0.1, 0.15) is 13.8 Å². The van der Waals surface area contributed by atoms with Gasteiger partial charge in [-0.2, -0.15) is 0 Å². The Kier molecular flexibility index (Phi) is 5.71. The number of carbonyl (C=O) groups excluding carboxylic acids is 2. The molecule has 0 bridgehead atoms. The molecule has 0 aliphatic rings. The van der Waals surface area contributed by atoms with Crippen LogP contribution >= 0.6 is 0 Å². The number of hydrogen-bond donors (Lipinski definition) is 0. The molecular weight excluding hydrogens is 212 g/mol. The minimum absolute atomic E-state index is 0.00825. The Hall–Kier alpha value is -1.96. The van der Waals surface area contributed by atoms with Crippen LogP contribution in [0.25, 0.3) is 0 Å². The van der Waals surface area contributed by atoms with Crippen molar-refractivity contribution in [1.29, 1.82) is 0 Å². The average molecular weight is 226 g/mol. The molecule has 0 unspecified atom stereocenters. The fourth-order valence-corrected chi connectivity index (χ4v) is 0.687.